The van der Waals surface area contributed by atoms with Gasteiger partial charge in [0.2, 0.25) is 0 Å². The molecule has 0 spiro atoms. The first kappa shape index (κ1) is 41.5. The molecule has 1 amide bonds. The Balaban J connectivity index is 1.68. The van der Waals surface area contributed by atoms with E-state index in [9.17, 15) is 13.2 Å². The molecule has 53 heavy (non-hydrogen) atoms. The third-order valence-electron chi connectivity index (χ3n) is 8.87. The smallest absolute Gasteiger partial charge is 0.262 e. The van der Waals surface area contributed by atoms with Gasteiger partial charge in [0.15, 0.2) is 6.61 Å². The molecular weight excluding hydrogens is 679 g/mol. The zero-order valence-electron chi connectivity index (χ0n) is 33.9. The summed E-state index contributed by atoms with van der Waals surface area (Å²) in [5.41, 5.74) is 7.42. The summed E-state index contributed by atoms with van der Waals surface area (Å²) in [7, 11) is -4.09. The van der Waals surface area contributed by atoms with Crippen molar-refractivity contribution < 1.29 is 17.9 Å². The summed E-state index contributed by atoms with van der Waals surface area (Å²) >= 11 is 0. The van der Waals surface area contributed by atoms with Gasteiger partial charge in [0.25, 0.3) is 15.9 Å². The Morgan fingerprint density at radius 3 is 1.79 bits per heavy atom. The van der Waals surface area contributed by atoms with Gasteiger partial charge in [-0.1, -0.05) is 119 Å². The molecule has 0 atom stereocenters. The molecule has 0 unspecified atom stereocenters. The highest BCUT2D eigenvalue weighted by Crippen LogP contribution is 2.42. The lowest BCUT2D eigenvalue weighted by Gasteiger charge is -2.28. The normalized spacial score (nSPS) is 12.4. The predicted molar refractivity (Wildman–Crippen MR) is 223 cm³/mol. The highest BCUT2D eigenvalue weighted by atomic mass is 32.2. The van der Waals surface area contributed by atoms with Crippen LogP contribution in [0.4, 0.5) is 22.7 Å². The molecule has 3 N–H and O–H groups in total. The Morgan fingerprint density at radius 2 is 1.25 bits per heavy atom. The monoisotopic (exact) mass is 739 g/mol. The van der Waals surface area contributed by atoms with Gasteiger partial charge in [-0.05, 0) is 112 Å². The molecule has 0 heterocycles. The van der Waals surface area contributed by atoms with E-state index in [4.69, 9.17) is 4.74 Å². The Kier molecular flexibility index (Phi) is 13.1. The molecule has 0 aliphatic heterocycles. The Morgan fingerprint density at radius 1 is 0.679 bits per heavy atom. The Bertz CT molecular complexity index is 1970. The topological polar surface area (TPSA) is 96.5 Å². The van der Waals surface area contributed by atoms with Crippen LogP contribution < -0.4 is 20.1 Å². The lowest BCUT2D eigenvalue weighted by Crippen LogP contribution is -2.25. The molecule has 0 saturated carbocycles. The van der Waals surface area contributed by atoms with Crippen molar-refractivity contribution in [3.63, 3.8) is 0 Å². The van der Waals surface area contributed by atoms with Gasteiger partial charge in [-0.15, -0.1) is 0 Å². The second-order valence-corrected chi connectivity index (χ2v) is 19.2. The van der Waals surface area contributed by atoms with Crippen molar-refractivity contribution in [2.24, 2.45) is 10.8 Å². The summed E-state index contributed by atoms with van der Waals surface area (Å²) < 4.78 is 38.0. The molecule has 0 fully saturated rings. The summed E-state index contributed by atoms with van der Waals surface area (Å²) in [4.78, 5) is 14.0. The number of carbonyl (C=O) groups excluding carboxylic acids is 1. The Hall–Kier alpha value is -4.30. The number of hydrogen-bond donors (Lipinski definition) is 3. The summed E-state index contributed by atoms with van der Waals surface area (Å²) in [5.74, 6) is 0.0482. The average Bonchev–Trinajstić information content (AvgIpc) is 3.03. The molecule has 8 heteroatoms. The van der Waals surface area contributed by atoms with E-state index in [0.717, 1.165) is 35.3 Å². The number of amides is 1. The third kappa shape index (κ3) is 11.6. The van der Waals surface area contributed by atoms with Crippen molar-refractivity contribution in [2.75, 3.05) is 22.0 Å². The quantitative estimate of drug-likeness (QED) is 0.120. The van der Waals surface area contributed by atoms with E-state index in [1.807, 2.05) is 82.3 Å². The molecule has 4 rings (SSSR count). The molecule has 286 valence electrons. The van der Waals surface area contributed by atoms with Crippen molar-refractivity contribution in [3.8, 4) is 5.75 Å². The second kappa shape index (κ2) is 16.8. The van der Waals surface area contributed by atoms with E-state index in [1.54, 1.807) is 12.1 Å². The minimum Gasteiger partial charge on any atom is -0.483 e. The van der Waals surface area contributed by atoms with Crippen molar-refractivity contribution >= 4 is 38.7 Å². The Labute approximate surface area is 319 Å². The van der Waals surface area contributed by atoms with Crippen LogP contribution in [-0.4, -0.2) is 20.9 Å². The minimum atomic E-state index is -4.09. The third-order valence-corrected chi connectivity index (χ3v) is 10.4. The van der Waals surface area contributed by atoms with Gasteiger partial charge >= 0.3 is 0 Å². The number of para-hydroxylation sites is 1. The first-order valence-electron chi connectivity index (χ1n) is 18.8. The molecule has 7 nitrogen and oxygen atoms in total. The fraction of sp³-hybridized carbons (Fsp3) is 0.444. The molecule has 0 aliphatic carbocycles. The van der Waals surface area contributed by atoms with Crippen LogP contribution in [0.2, 0.25) is 0 Å². The van der Waals surface area contributed by atoms with E-state index < -0.39 is 10.0 Å². The molecule has 0 aliphatic rings. The lowest BCUT2D eigenvalue weighted by molar-refractivity contribution is -0.118. The summed E-state index contributed by atoms with van der Waals surface area (Å²) in [6, 6.07) is 25.2. The fourth-order valence-electron chi connectivity index (χ4n) is 6.64. The maximum atomic E-state index is 14.5. The van der Waals surface area contributed by atoms with Crippen LogP contribution in [0.1, 0.15) is 129 Å². The molecule has 0 saturated heterocycles. The molecule has 4 aromatic rings. The number of rotatable bonds is 14. The number of benzene rings is 4. The second-order valence-electron chi connectivity index (χ2n) is 17.6. The largest absolute Gasteiger partial charge is 0.483 e. The highest BCUT2D eigenvalue weighted by molar-refractivity contribution is 7.92. The minimum absolute atomic E-state index is 0.0179. The molecular formula is C45H61N3O4S. The van der Waals surface area contributed by atoms with E-state index in [-0.39, 0.29) is 46.0 Å². The molecule has 0 aromatic heterocycles. The van der Waals surface area contributed by atoms with Crippen LogP contribution in [0.25, 0.3) is 0 Å². The van der Waals surface area contributed by atoms with Crippen molar-refractivity contribution in [3.05, 3.63) is 107 Å². The maximum Gasteiger partial charge on any atom is 0.262 e. The maximum absolute atomic E-state index is 14.5. The number of sulfonamides is 1. The van der Waals surface area contributed by atoms with Crippen molar-refractivity contribution in [2.45, 2.75) is 119 Å². The number of nitrogens with one attached hydrogen (secondary N) is 3. The van der Waals surface area contributed by atoms with Gasteiger partial charge in [-0.25, -0.2) is 8.42 Å². The lowest BCUT2D eigenvalue weighted by atomic mass is 9.84. The predicted octanol–water partition coefficient (Wildman–Crippen LogP) is 11.8. The van der Waals surface area contributed by atoms with Gasteiger partial charge < -0.3 is 15.4 Å². The zero-order valence-corrected chi connectivity index (χ0v) is 34.7. The fourth-order valence-corrected chi connectivity index (χ4v) is 8.43. The number of hydrogen-bond acceptors (Lipinski definition) is 5. The summed E-state index contributed by atoms with van der Waals surface area (Å²) in [5, 5.41) is 6.46. The van der Waals surface area contributed by atoms with Crippen LogP contribution >= 0.6 is 0 Å². The van der Waals surface area contributed by atoms with Crippen LogP contribution in [0.3, 0.4) is 0 Å². The molecule has 0 bridgehead atoms. The van der Waals surface area contributed by atoms with Crippen LogP contribution in [-0.2, 0) is 27.7 Å². The highest BCUT2D eigenvalue weighted by Gasteiger charge is 2.31. The standard InChI is InChI=1S/C45H61N3O4S/c1-29(2)37-25-38(30(3)4)43(53(50,51)48-36-21-19-35(20-22-36)46-34-16-14-13-15-17-34)41(31(5)6)42(37)47-40(49)28-52-39-23-18-32(26-44(7,8)9)24-33(39)27-45(10,11)12/h13-25,29-31,46,48H,26-28H2,1-12H3,(H,47,49). The van der Waals surface area contributed by atoms with E-state index in [0.29, 0.717) is 28.3 Å². The molecule has 4 aromatic carbocycles. The first-order valence-corrected chi connectivity index (χ1v) is 20.3. The SMILES string of the molecule is CC(C)c1cc(C(C)C)c(S(=O)(=O)Nc2ccc(Nc3ccccc3)cc2)c(C(C)C)c1NC(=O)COc1ccc(CC(C)(C)C)cc1CC(C)(C)C. The van der Waals surface area contributed by atoms with Crippen LogP contribution in [0.5, 0.6) is 5.75 Å². The van der Waals surface area contributed by atoms with E-state index >= 15 is 0 Å². The summed E-state index contributed by atoms with van der Waals surface area (Å²) in [6.07, 6.45) is 1.73. The zero-order chi connectivity index (χ0) is 39.3. The van der Waals surface area contributed by atoms with Crippen molar-refractivity contribution in [1.29, 1.82) is 0 Å². The van der Waals surface area contributed by atoms with Gasteiger partial charge in [-0.2, -0.15) is 0 Å². The molecule has 0 radical (unpaired) electrons. The van der Waals surface area contributed by atoms with Crippen molar-refractivity contribution in [1.82, 2.24) is 0 Å². The number of carbonyl (C=O) groups is 1. The number of ether oxygens (including phenoxy) is 1. The van der Waals surface area contributed by atoms with Gasteiger partial charge in [0.1, 0.15) is 5.75 Å². The first-order chi connectivity index (χ1) is 24.6. The average molecular weight is 740 g/mol. The van der Waals surface area contributed by atoms with Gasteiger partial charge in [0, 0.05) is 22.7 Å². The number of anilines is 4. The van der Waals surface area contributed by atoms with Gasteiger partial charge in [-0.3, -0.25) is 9.52 Å². The summed E-state index contributed by atoms with van der Waals surface area (Å²) in [6.45, 7) is 25.1. The van der Waals surface area contributed by atoms with E-state index in [1.165, 1.54) is 5.56 Å². The van der Waals surface area contributed by atoms with E-state index in [2.05, 4.69) is 82.9 Å². The van der Waals surface area contributed by atoms with Crippen LogP contribution in [0, 0.1) is 10.8 Å². The van der Waals surface area contributed by atoms with Crippen LogP contribution in [0.15, 0.2) is 83.8 Å². The van der Waals surface area contributed by atoms with Gasteiger partial charge in [0.05, 0.1) is 4.90 Å².